The molecule has 25 heavy (non-hydrogen) atoms. The van der Waals surface area contributed by atoms with E-state index < -0.39 is 54.8 Å². The number of hydrogen-bond donors (Lipinski definition) is 2. The Morgan fingerprint density at radius 3 is 2.60 bits per heavy atom. The van der Waals surface area contributed by atoms with E-state index in [1.807, 2.05) is 0 Å². The Labute approximate surface area is 141 Å². The lowest BCUT2D eigenvalue weighted by Crippen LogP contribution is -2.44. The van der Waals surface area contributed by atoms with E-state index in [0.717, 1.165) is 12.1 Å². The van der Waals surface area contributed by atoms with E-state index in [1.54, 1.807) is 6.92 Å². The third-order valence-electron chi connectivity index (χ3n) is 4.03. The van der Waals surface area contributed by atoms with Crippen molar-refractivity contribution in [2.24, 2.45) is 5.92 Å². The molecule has 1 amide bonds. The number of aliphatic hydroxyl groups excluding tert-OH is 1. The third kappa shape index (κ3) is 5.84. The Morgan fingerprint density at radius 1 is 1.40 bits per heavy atom. The standard InChI is InChI=1S/C16H18F5NO3/c1-9(10-3-2-4-12(5-10)25-16(19,20)21)22-14(24)6-13(23)11-7-15(17,18)8-11/h2-5,9,11,13,23H,6-8H2,1H3,(H,22,24)/t9-,13-/m0/s1. The van der Waals surface area contributed by atoms with Crippen molar-refractivity contribution in [2.45, 2.75) is 50.6 Å². The molecule has 0 heterocycles. The lowest BCUT2D eigenvalue weighted by molar-refractivity contribution is -0.274. The minimum Gasteiger partial charge on any atom is -0.406 e. The quantitative estimate of drug-likeness (QED) is 0.756. The molecule has 0 saturated heterocycles. The molecule has 2 atom stereocenters. The average molecular weight is 367 g/mol. The number of carbonyl (C=O) groups is 1. The number of halogens is 5. The maximum Gasteiger partial charge on any atom is 0.573 e. The fourth-order valence-corrected chi connectivity index (χ4v) is 2.70. The van der Waals surface area contributed by atoms with E-state index >= 15 is 0 Å². The van der Waals surface area contributed by atoms with Gasteiger partial charge in [0.15, 0.2) is 0 Å². The first-order valence-corrected chi connectivity index (χ1v) is 7.66. The predicted octanol–water partition coefficient (Wildman–Crippen LogP) is 3.56. The van der Waals surface area contributed by atoms with Gasteiger partial charge in [-0.15, -0.1) is 13.2 Å². The molecule has 1 aliphatic rings. The number of alkyl halides is 5. The van der Waals surface area contributed by atoms with Gasteiger partial charge >= 0.3 is 6.36 Å². The smallest absolute Gasteiger partial charge is 0.406 e. The Morgan fingerprint density at radius 2 is 2.04 bits per heavy atom. The van der Waals surface area contributed by atoms with Gasteiger partial charge in [-0.1, -0.05) is 12.1 Å². The number of hydrogen-bond acceptors (Lipinski definition) is 3. The number of rotatable bonds is 6. The highest BCUT2D eigenvalue weighted by Gasteiger charge is 2.48. The molecule has 4 nitrogen and oxygen atoms in total. The van der Waals surface area contributed by atoms with Crippen LogP contribution in [0, 0.1) is 5.92 Å². The summed E-state index contributed by atoms with van der Waals surface area (Å²) in [5.74, 6) is -4.39. The van der Waals surface area contributed by atoms with Gasteiger partial charge in [-0.2, -0.15) is 0 Å². The van der Waals surface area contributed by atoms with Gasteiger partial charge in [-0.3, -0.25) is 4.79 Å². The highest BCUT2D eigenvalue weighted by Crippen LogP contribution is 2.44. The first-order valence-electron chi connectivity index (χ1n) is 7.66. The molecule has 140 valence electrons. The van der Waals surface area contributed by atoms with Crippen LogP contribution >= 0.6 is 0 Å². The molecular weight excluding hydrogens is 349 g/mol. The second-order valence-corrected chi connectivity index (χ2v) is 6.21. The van der Waals surface area contributed by atoms with Crippen molar-refractivity contribution >= 4 is 5.91 Å². The average Bonchev–Trinajstić information content (AvgIpc) is 2.42. The molecule has 0 radical (unpaired) electrons. The largest absolute Gasteiger partial charge is 0.573 e. The summed E-state index contributed by atoms with van der Waals surface area (Å²) in [7, 11) is 0. The van der Waals surface area contributed by atoms with Crippen LogP contribution in [0.15, 0.2) is 24.3 Å². The molecule has 0 bridgehead atoms. The molecule has 0 aromatic heterocycles. The van der Waals surface area contributed by atoms with E-state index in [4.69, 9.17) is 0 Å². The Kier molecular flexibility index (Phi) is 5.55. The van der Waals surface area contributed by atoms with Crippen molar-refractivity contribution in [1.29, 1.82) is 0 Å². The highest BCUT2D eigenvalue weighted by atomic mass is 19.4. The van der Waals surface area contributed by atoms with Crippen LogP contribution < -0.4 is 10.1 Å². The van der Waals surface area contributed by atoms with Gasteiger partial charge in [0.2, 0.25) is 11.8 Å². The number of carbonyl (C=O) groups excluding carboxylic acids is 1. The zero-order valence-electron chi connectivity index (χ0n) is 13.3. The van der Waals surface area contributed by atoms with Crippen LogP contribution in [0.3, 0.4) is 0 Å². The van der Waals surface area contributed by atoms with Crippen molar-refractivity contribution in [3.05, 3.63) is 29.8 Å². The minimum atomic E-state index is -4.82. The van der Waals surface area contributed by atoms with Crippen LogP contribution in [0.25, 0.3) is 0 Å². The SMILES string of the molecule is C[C@H](NC(=O)C[C@H](O)C1CC(F)(F)C1)c1cccc(OC(F)(F)F)c1. The molecule has 2 N–H and O–H groups in total. The maximum absolute atomic E-state index is 12.8. The summed E-state index contributed by atoms with van der Waals surface area (Å²) in [6, 6.07) is 4.49. The molecule has 1 aliphatic carbocycles. The van der Waals surface area contributed by atoms with Crippen molar-refractivity contribution in [3.8, 4) is 5.75 Å². The van der Waals surface area contributed by atoms with Crippen molar-refractivity contribution in [2.75, 3.05) is 0 Å². The fraction of sp³-hybridized carbons (Fsp3) is 0.562. The molecule has 1 aromatic rings. The summed E-state index contributed by atoms with van der Waals surface area (Å²) >= 11 is 0. The summed E-state index contributed by atoms with van der Waals surface area (Å²) in [4.78, 5) is 11.9. The van der Waals surface area contributed by atoms with Crippen molar-refractivity contribution in [1.82, 2.24) is 5.32 Å². The molecular formula is C16H18F5NO3. The lowest BCUT2D eigenvalue weighted by Gasteiger charge is -2.37. The monoisotopic (exact) mass is 367 g/mol. The summed E-state index contributed by atoms with van der Waals surface area (Å²) in [5.41, 5.74) is 0.375. The van der Waals surface area contributed by atoms with E-state index in [0.29, 0.717) is 5.56 Å². The normalized spacial score (nSPS) is 19.6. The van der Waals surface area contributed by atoms with Crippen molar-refractivity contribution < 1.29 is 36.6 Å². The van der Waals surface area contributed by atoms with Gasteiger partial charge in [-0.05, 0) is 30.5 Å². The van der Waals surface area contributed by atoms with E-state index in [-0.39, 0.29) is 6.42 Å². The summed E-state index contributed by atoms with van der Waals surface area (Å²) < 4.78 is 66.0. The predicted molar refractivity (Wildman–Crippen MR) is 78.0 cm³/mol. The van der Waals surface area contributed by atoms with E-state index in [9.17, 15) is 31.9 Å². The second kappa shape index (κ2) is 7.15. The highest BCUT2D eigenvalue weighted by molar-refractivity contribution is 5.77. The molecule has 1 fully saturated rings. The van der Waals surface area contributed by atoms with Crippen molar-refractivity contribution in [3.63, 3.8) is 0 Å². The summed E-state index contributed by atoms with van der Waals surface area (Å²) in [6.45, 7) is 1.55. The number of aliphatic hydroxyl groups is 1. The summed E-state index contributed by atoms with van der Waals surface area (Å²) in [6.07, 6.45) is -7.24. The second-order valence-electron chi connectivity index (χ2n) is 6.21. The molecule has 0 spiro atoms. The van der Waals surface area contributed by atoms with Crippen LogP contribution in [0.4, 0.5) is 22.0 Å². The van der Waals surface area contributed by atoms with E-state index in [1.165, 1.54) is 12.1 Å². The van der Waals surface area contributed by atoms with Crippen LogP contribution in [0.1, 0.15) is 37.8 Å². The van der Waals surface area contributed by atoms with Crippen LogP contribution in [-0.4, -0.2) is 29.4 Å². The molecule has 0 unspecified atom stereocenters. The molecule has 2 rings (SSSR count). The maximum atomic E-state index is 12.8. The number of nitrogens with one attached hydrogen (secondary N) is 1. The number of amides is 1. The topological polar surface area (TPSA) is 58.6 Å². The first kappa shape index (κ1) is 19.4. The van der Waals surface area contributed by atoms with Crippen LogP contribution in [0.5, 0.6) is 5.75 Å². The Hall–Kier alpha value is -1.90. The lowest BCUT2D eigenvalue weighted by atomic mass is 9.76. The van der Waals surface area contributed by atoms with Gasteiger partial charge in [0, 0.05) is 12.8 Å². The van der Waals surface area contributed by atoms with Crippen LogP contribution in [-0.2, 0) is 4.79 Å². The van der Waals surface area contributed by atoms with Crippen LogP contribution in [0.2, 0.25) is 0 Å². The van der Waals surface area contributed by atoms with Gasteiger partial charge in [0.05, 0.1) is 18.6 Å². The zero-order chi connectivity index (χ0) is 18.8. The van der Waals surface area contributed by atoms with Gasteiger partial charge in [0.25, 0.3) is 0 Å². The molecule has 1 aromatic carbocycles. The minimum absolute atomic E-state index is 0.343. The molecule has 1 saturated carbocycles. The Bertz CT molecular complexity index is 612. The number of ether oxygens (including phenoxy) is 1. The van der Waals surface area contributed by atoms with Gasteiger partial charge in [-0.25, -0.2) is 8.78 Å². The van der Waals surface area contributed by atoms with Gasteiger partial charge in [0.1, 0.15) is 5.75 Å². The zero-order valence-corrected chi connectivity index (χ0v) is 13.3. The van der Waals surface area contributed by atoms with E-state index in [2.05, 4.69) is 10.1 Å². The fourth-order valence-electron chi connectivity index (χ4n) is 2.70. The van der Waals surface area contributed by atoms with Gasteiger partial charge < -0.3 is 15.2 Å². The third-order valence-corrected chi connectivity index (χ3v) is 4.03. The number of benzene rings is 1. The summed E-state index contributed by atoms with van der Waals surface area (Å²) in [5, 5.41) is 12.3. The molecule has 9 heteroatoms. The Balaban J connectivity index is 1.87. The first-order chi connectivity index (χ1) is 11.5. The molecule has 0 aliphatic heterocycles.